The van der Waals surface area contributed by atoms with E-state index in [9.17, 15) is 14.4 Å². The largest absolute Gasteiger partial charge is 0.457 e. The number of hydrazine groups is 1. The van der Waals surface area contributed by atoms with E-state index in [0.717, 1.165) is 0 Å². The molecule has 0 saturated heterocycles. The van der Waals surface area contributed by atoms with Gasteiger partial charge in [-0.25, -0.2) is 0 Å². The molecular weight excluding hydrogens is 384 g/mol. The molecule has 0 unspecified atom stereocenters. The van der Waals surface area contributed by atoms with E-state index in [0.29, 0.717) is 28.2 Å². The number of carbonyl (C=O) groups is 3. The van der Waals surface area contributed by atoms with Crippen LogP contribution < -0.4 is 15.6 Å². The predicted molar refractivity (Wildman–Crippen MR) is 108 cm³/mol. The molecule has 0 bridgehead atoms. The van der Waals surface area contributed by atoms with Crippen LogP contribution in [0.15, 0.2) is 78.9 Å². The fourth-order valence-corrected chi connectivity index (χ4v) is 3.21. The number of amides is 2. The van der Waals surface area contributed by atoms with Gasteiger partial charge in [-0.2, -0.15) is 0 Å². The first kappa shape index (κ1) is 19.2. The summed E-state index contributed by atoms with van der Waals surface area (Å²) >= 11 is 0. The second-order valence-electron chi connectivity index (χ2n) is 6.59. The molecule has 0 saturated carbocycles. The van der Waals surface area contributed by atoms with Gasteiger partial charge in [0.15, 0.2) is 6.61 Å². The second kappa shape index (κ2) is 8.48. The number of hydrogen-bond donors (Lipinski definition) is 2. The van der Waals surface area contributed by atoms with Crippen molar-refractivity contribution in [3.8, 4) is 11.5 Å². The van der Waals surface area contributed by atoms with Gasteiger partial charge in [0.2, 0.25) is 0 Å². The summed E-state index contributed by atoms with van der Waals surface area (Å²) in [6.45, 7) is -0.532. The molecule has 4 rings (SSSR count). The minimum absolute atomic E-state index is 0.394. The van der Waals surface area contributed by atoms with E-state index < -0.39 is 30.3 Å². The first-order valence-electron chi connectivity index (χ1n) is 9.30. The predicted octanol–water partition coefficient (Wildman–Crippen LogP) is 2.93. The van der Waals surface area contributed by atoms with Gasteiger partial charge in [-0.15, -0.1) is 0 Å². The van der Waals surface area contributed by atoms with Crippen LogP contribution in [0.1, 0.15) is 27.4 Å². The molecule has 0 aromatic heterocycles. The Balaban J connectivity index is 1.40. The number of esters is 1. The van der Waals surface area contributed by atoms with E-state index in [2.05, 4.69) is 10.9 Å². The number of fused-ring (bicyclic) bond motifs is 2. The molecule has 0 fully saturated rings. The van der Waals surface area contributed by atoms with Gasteiger partial charge >= 0.3 is 5.97 Å². The van der Waals surface area contributed by atoms with Crippen molar-refractivity contribution in [2.75, 3.05) is 6.61 Å². The minimum Gasteiger partial charge on any atom is -0.457 e. The molecule has 3 aromatic carbocycles. The topological polar surface area (TPSA) is 93.7 Å². The summed E-state index contributed by atoms with van der Waals surface area (Å²) in [5, 5.41) is 0. The summed E-state index contributed by atoms with van der Waals surface area (Å²) in [6, 6.07) is 22.8. The average molecular weight is 402 g/mol. The molecule has 0 spiro atoms. The lowest BCUT2D eigenvalue weighted by molar-refractivity contribution is -0.149. The van der Waals surface area contributed by atoms with Gasteiger partial charge in [-0.05, 0) is 24.3 Å². The normalized spacial score (nSPS) is 12.0. The Morgan fingerprint density at radius 1 is 0.767 bits per heavy atom. The third-order valence-corrected chi connectivity index (χ3v) is 4.61. The molecule has 1 aliphatic heterocycles. The van der Waals surface area contributed by atoms with Crippen molar-refractivity contribution in [2.45, 2.75) is 5.92 Å². The molecule has 150 valence electrons. The Labute approximate surface area is 172 Å². The fourth-order valence-electron chi connectivity index (χ4n) is 3.21. The summed E-state index contributed by atoms with van der Waals surface area (Å²) in [5.41, 5.74) is 6.25. The van der Waals surface area contributed by atoms with Gasteiger partial charge in [0.1, 0.15) is 17.4 Å². The first-order chi connectivity index (χ1) is 14.6. The number of para-hydroxylation sites is 2. The number of benzene rings is 3. The number of carbonyl (C=O) groups excluding carboxylic acids is 3. The second-order valence-corrected chi connectivity index (χ2v) is 6.59. The molecule has 7 heteroatoms. The number of rotatable bonds is 4. The van der Waals surface area contributed by atoms with Crippen molar-refractivity contribution in [3.05, 3.63) is 95.6 Å². The summed E-state index contributed by atoms with van der Waals surface area (Å²) in [4.78, 5) is 36.8. The minimum atomic E-state index is -0.710. The number of nitrogens with one attached hydrogen (secondary N) is 2. The van der Waals surface area contributed by atoms with Crippen molar-refractivity contribution in [3.63, 3.8) is 0 Å². The smallest absolute Gasteiger partial charge is 0.318 e. The summed E-state index contributed by atoms with van der Waals surface area (Å²) in [6.07, 6.45) is 0. The molecule has 1 heterocycles. The monoisotopic (exact) mass is 402 g/mol. The van der Waals surface area contributed by atoms with E-state index in [1.165, 1.54) is 0 Å². The van der Waals surface area contributed by atoms with E-state index in [4.69, 9.17) is 9.47 Å². The number of hydrogen-bond acceptors (Lipinski definition) is 5. The Hall–Kier alpha value is -4.13. The van der Waals surface area contributed by atoms with Crippen LogP contribution in [0.4, 0.5) is 0 Å². The highest BCUT2D eigenvalue weighted by Gasteiger charge is 2.33. The summed E-state index contributed by atoms with van der Waals surface area (Å²) in [5.74, 6) is -1.28. The zero-order valence-electron chi connectivity index (χ0n) is 15.8. The van der Waals surface area contributed by atoms with E-state index >= 15 is 0 Å². The highest BCUT2D eigenvalue weighted by atomic mass is 16.5. The van der Waals surface area contributed by atoms with Gasteiger partial charge in [-0.3, -0.25) is 25.2 Å². The molecule has 30 heavy (non-hydrogen) atoms. The van der Waals surface area contributed by atoms with Crippen LogP contribution in [0.3, 0.4) is 0 Å². The highest BCUT2D eigenvalue weighted by Crippen LogP contribution is 2.44. The number of ether oxygens (including phenoxy) is 2. The van der Waals surface area contributed by atoms with Crippen molar-refractivity contribution in [1.82, 2.24) is 10.9 Å². The highest BCUT2D eigenvalue weighted by molar-refractivity contribution is 5.95. The van der Waals surface area contributed by atoms with Crippen molar-refractivity contribution >= 4 is 17.8 Å². The van der Waals surface area contributed by atoms with Crippen LogP contribution in [-0.4, -0.2) is 24.4 Å². The molecule has 0 radical (unpaired) electrons. The quantitative estimate of drug-likeness (QED) is 0.517. The van der Waals surface area contributed by atoms with Gasteiger partial charge in [0.05, 0.1) is 0 Å². The molecule has 0 aliphatic carbocycles. The Bertz CT molecular complexity index is 1050. The Kier molecular flexibility index (Phi) is 5.43. The standard InChI is InChI=1S/C23H18N2O5/c26-20(24-25-22(27)15-8-2-1-3-9-15)14-29-23(28)21-16-10-4-6-12-18(16)30-19-13-7-5-11-17(19)21/h1-13,21H,14H2,(H,24,26)(H,25,27). The molecule has 2 N–H and O–H groups in total. The van der Waals surface area contributed by atoms with E-state index in [1.54, 1.807) is 54.6 Å². The third kappa shape index (κ3) is 4.00. The molecule has 3 aromatic rings. The van der Waals surface area contributed by atoms with E-state index in [-0.39, 0.29) is 0 Å². The van der Waals surface area contributed by atoms with Crippen molar-refractivity contribution in [2.24, 2.45) is 0 Å². The third-order valence-electron chi connectivity index (χ3n) is 4.61. The molecule has 2 amide bonds. The maximum atomic E-state index is 12.8. The SMILES string of the molecule is O=C(COC(=O)C1c2ccccc2Oc2ccccc21)NNC(=O)c1ccccc1. The van der Waals surface area contributed by atoms with Crippen LogP contribution in [-0.2, 0) is 14.3 Å². The average Bonchev–Trinajstić information content (AvgIpc) is 2.79. The van der Waals surface area contributed by atoms with Gasteiger partial charge in [0, 0.05) is 16.7 Å². The lowest BCUT2D eigenvalue weighted by Crippen LogP contribution is -2.43. The lowest BCUT2D eigenvalue weighted by atomic mass is 9.88. The molecule has 7 nitrogen and oxygen atoms in total. The lowest BCUT2D eigenvalue weighted by Gasteiger charge is -2.26. The Morgan fingerprint density at radius 3 is 1.97 bits per heavy atom. The van der Waals surface area contributed by atoms with Crippen LogP contribution in [0.2, 0.25) is 0 Å². The first-order valence-corrected chi connectivity index (χ1v) is 9.30. The summed E-state index contributed by atoms with van der Waals surface area (Å²) < 4.78 is 11.1. The molecule has 0 atom stereocenters. The van der Waals surface area contributed by atoms with Crippen LogP contribution in [0.5, 0.6) is 11.5 Å². The maximum Gasteiger partial charge on any atom is 0.318 e. The van der Waals surface area contributed by atoms with Crippen molar-refractivity contribution in [1.29, 1.82) is 0 Å². The van der Waals surface area contributed by atoms with Crippen LogP contribution >= 0.6 is 0 Å². The van der Waals surface area contributed by atoms with Gasteiger partial charge in [-0.1, -0.05) is 54.6 Å². The van der Waals surface area contributed by atoms with Crippen LogP contribution in [0, 0.1) is 0 Å². The zero-order valence-corrected chi connectivity index (χ0v) is 15.8. The van der Waals surface area contributed by atoms with Gasteiger partial charge in [0.25, 0.3) is 11.8 Å². The molecular formula is C23H18N2O5. The van der Waals surface area contributed by atoms with E-state index in [1.807, 2.05) is 24.3 Å². The molecule has 1 aliphatic rings. The maximum absolute atomic E-state index is 12.8. The summed E-state index contributed by atoms with van der Waals surface area (Å²) in [7, 11) is 0. The zero-order chi connectivity index (χ0) is 20.9. The van der Waals surface area contributed by atoms with Gasteiger partial charge < -0.3 is 9.47 Å². The Morgan fingerprint density at radius 2 is 1.33 bits per heavy atom. The fraction of sp³-hybridized carbons (Fsp3) is 0.0870. The van der Waals surface area contributed by atoms with Crippen LogP contribution in [0.25, 0.3) is 0 Å². The van der Waals surface area contributed by atoms with Crippen molar-refractivity contribution < 1.29 is 23.9 Å².